The second-order valence-corrected chi connectivity index (χ2v) is 3.78. The van der Waals surface area contributed by atoms with Crippen molar-refractivity contribution in [3.05, 3.63) is 11.8 Å². The Morgan fingerprint density at radius 1 is 1.71 bits per heavy atom. The van der Waals surface area contributed by atoms with Gasteiger partial charge in [0.05, 0.1) is 6.20 Å². The highest BCUT2D eigenvalue weighted by Gasteiger charge is 2.16. The van der Waals surface area contributed by atoms with Crippen LogP contribution in [0.2, 0.25) is 0 Å². The van der Waals surface area contributed by atoms with Crippen molar-refractivity contribution < 1.29 is 4.79 Å². The number of aromatic nitrogens is 2. The van der Waals surface area contributed by atoms with Gasteiger partial charge in [0.15, 0.2) is 0 Å². The number of aromatic amines is 1. The molecule has 1 aromatic heterocycles. The predicted octanol–water partition coefficient (Wildman–Crippen LogP) is 0.720. The Balaban J connectivity index is 2.71. The van der Waals surface area contributed by atoms with Crippen LogP contribution in [0.1, 0.15) is 24.2 Å². The number of carbonyl (C=O) groups is 1. The van der Waals surface area contributed by atoms with Crippen LogP contribution in [0.15, 0.2) is 6.20 Å². The summed E-state index contributed by atoms with van der Waals surface area (Å²) in [5.74, 6) is 0.674. The van der Waals surface area contributed by atoms with Crippen molar-refractivity contribution in [2.24, 2.45) is 5.92 Å². The van der Waals surface area contributed by atoms with E-state index in [2.05, 4.69) is 24.0 Å². The van der Waals surface area contributed by atoms with Gasteiger partial charge < -0.3 is 10.6 Å². The maximum Gasteiger partial charge on any atom is 0.258 e. The number of H-pyrrole nitrogens is 1. The molecule has 0 aliphatic rings. The lowest BCUT2D eigenvalue weighted by Crippen LogP contribution is -2.30. The van der Waals surface area contributed by atoms with Gasteiger partial charge in [-0.2, -0.15) is 5.10 Å². The number of nitrogen functional groups attached to an aromatic ring is 1. The van der Waals surface area contributed by atoms with E-state index in [-0.39, 0.29) is 5.91 Å². The van der Waals surface area contributed by atoms with E-state index in [0.29, 0.717) is 23.8 Å². The Bertz CT molecular complexity index is 318. The van der Waals surface area contributed by atoms with Crippen molar-refractivity contribution in [2.45, 2.75) is 13.8 Å². The first-order chi connectivity index (χ1) is 6.52. The smallest absolute Gasteiger partial charge is 0.258 e. The van der Waals surface area contributed by atoms with Gasteiger partial charge in [0.25, 0.3) is 5.91 Å². The third kappa shape index (κ3) is 2.25. The topological polar surface area (TPSA) is 75.0 Å². The summed E-state index contributed by atoms with van der Waals surface area (Å²) in [5, 5.41) is 6.24. The Kier molecular flexibility index (Phi) is 3.11. The van der Waals surface area contributed by atoms with Crippen LogP contribution in [-0.4, -0.2) is 34.6 Å². The minimum Gasteiger partial charge on any atom is -0.383 e. The van der Waals surface area contributed by atoms with Crippen LogP contribution in [0.4, 0.5) is 5.82 Å². The van der Waals surface area contributed by atoms with Gasteiger partial charge in [-0.05, 0) is 5.92 Å². The molecule has 0 aliphatic heterocycles. The third-order valence-corrected chi connectivity index (χ3v) is 1.88. The Labute approximate surface area is 83.3 Å². The number of nitrogens with one attached hydrogen (secondary N) is 1. The van der Waals surface area contributed by atoms with Crippen molar-refractivity contribution in [3.63, 3.8) is 0 Å². The number of rotatable bonds is 3. The monoisotopic (exact) mass is 196 g/mol. The van der Waals surface area contributed by atoms with E-state index >= 15 is 0 Å². The number of carbonyl (C=O) groups excluding carboxylic acids is 1. The lowest BCUT2D eigenvalue weighted by atomic mass is 10.2. The van der Waals surface area contributed by atoms with Gasteiger partial charge in [-0.3, -0.25) is 9.89 Å². The Morgan fingerprint density at radius 2 is 2.36 bits per heavy atom. The first kappa shape index (κ1) is 10.6. The molecule has 1 amide bonds. The third-order valence-electron chi connectivity index (χ3n) is 1.88. The van der Waals surface area contributed by atoms with Crippen LogP contribution in [-0.2, 0) is 0 Å². The zero-order valence-corrected chi connectivity index (χ0v) is 8.74. The maximum atomic E-state index is 11.7. The van der Waals surface area contributed by atoms with Crippen LogP contribution < -0.4 is 5.73 Å². The lowest BCUT2D eigenvalue weighted by molar-refractivity contribution is 0.0780. The summed E-state index contributed by atoms with van der Waals surface area (Å²) in [6, 6.07) is 0. The number of amides is 1. The molecule has 0 fully saturated rings. The molecular formula is C9H16N4O. The van der Waals surface area contributed by atoms with Crippen LogP contribution in [0.5, 0.6) is 0 Å². The van der Waals surface area contributed by atoms with Crippen molar-refractivity contribution in [3.8, 4) is 0 Å². The molecule has 1 heterocycles. The molecular weight excluding hydrogens is 180 g/mol. The second-order valence-electron chi connectivity index (χ2n) is 3.78. The number of nitrogens with zero attached hydrogens (tertiary/aromatic N) is 2. The van der Waals surface area contributed by atoms with Gasteiger partial charge in [-0.15, -0.1) is 0 Å². The average molecular weight is 196 g/mol. The summed E-state index contributed by atoms with van der Waals surface area (Å²) in [4.78, 5) is 13.4. The highest BCUT2D eigenvalue weighted by Crippen LogP contribution is 2.10. The van der Waals surface area contributed by atoms with Gasteiger partial charge in [0, 0.05) is 13.6 Å². The Morgan fingerprint density at radius 3 is 2.79 bits per heavy atom. The van der Waals surface area contributed by atoms with E-state index in [0.717, 1.165) is 0 Å². The van der Waals surface area contributed by atoms with E-state index in [1.165, 1.54) is 6.20 Å². The van der Waals surface area contributed by atoms with Gasteiger partial charge in [0.1, 0.15) is 11.4 Å². The lowest BCUT2D eigenvalue weighted by Gasteiger charge is -2.18. The van der Waals surface area contributed by atoms with Crippen molar-refractivity contribution in [1.82, 2.24) is 15.1 Å². The second kappa shape index (κ2) is 4.13. The largest absolute Gasteiger partial charge is 0.383 e. The van der Waals surface area contributed by atoms with E-state index in [1.54, 1.807) is 11.9 Å². The molecule has 0 unspecified atom stereocenters. The Hall–Kier alpha value is -1.52. The van der Waals surface area contributed by atoms with Gasteiger partial charge in [0.2, 0.25) is 0 Å². The van der Waals surface area contributed by atoms with Crippen LogP contribution in [0.25, 0.3) is 0 Å². The predicted molar refractivity (Wildman–Crippen MR) is 54.8 cm³/mol. The number of anilines is 1. The molecule has 1 aromatic rings. The van der Waals surface area contributed by atoms with Gasteiger partial charge in [-0.1, -0.05) is 13.8 Å². The van der Waals surface area contributed by atoms with Crippen LogP contribution in [0.3, 0.4) is 0 Å². The summed E-state index contributed by atoms with van der Waals surface area (Å²) in [5.41, 5.74) is 5.98. The van der Waals surface area contributed by atoms with Crippen LogP contribution in [0, 0.1) is 5.92 Å². The first-order valence-electron chi connectivity index (χ1n) is 4.56. The molecule has 0 bridgehead atoms. The SMILES string of the molecule is CC(C)CN(C)C(=O)c1cn[nH]c1N. The summed E-state index contributed by atoms with van der Waals surface area (Å²) in [6.07, 6.45) is 1.45. The fraction of sp³-hybridized carbons (Fsp3) is 0.556. The van der Waals surface area contributed by atoms with E-state index in [9.17, 15) is 4.79 Å². The number of hydrogen-bond acceptors (Lipinski definition) is 3. The molecule has 0 aromatic carbocycles. The molecule has 0 atom stereocenters. The molecule has 0 aliphatic carbocycles. The highest BCUT2D eigenvalue weighted by molar-refractivity contribution is 5.97. The molecule has 0 spiro atoms. The molecule has 0 saturated carbocycles. The van der Waals surface area contributed by atoms with Crippen molar-refractivity contribution in [1.29, 1.82) is 0 Å². The first-order valence-corrected chi connectivity index (χ1v) is 4.56. The zero-order chi connectivity index (χ0) is 10.7. The standard InChI is InChI=1S/C9H16N4O/c1-6(2)5-13(3)9(14)7-4-11-12-8(7)10/h4,6H,5H2,1-3H3,(H3,10,11,12). The molecule has 78 valence electrons. The fourth-order valence-electron chi connectivity index (χ4n) is 1.30. The van der Waals surface area contributed by atoms with Crippen molar-refractivity contribution in [2.75, 3.05) is 19.3 Å². The summed E-state index contributed by atoms with van der Waals surface area (Å²) in [7, 11) is 1.76. The van der Waals surface area contributed by atoms with E-state index < -0.39 is 0 Å². The molecule has 3 N–H and O–H groups in total. The number of hydrogen-bond donors (Lipinski definition) is 2. The molecule has 1 rings (SSSR count). The summed E-state index contributed by atoms with van der Waals surface area (Å²) >= 11 is 0. The maximum absolute atomic E-state index is 11.7. The van der Waals surface area contributed by atoms with Gasteiger partial charge >= 0.3 is 0 Å². The fourth-order valence-corrected chi connectivity index (χ4v) is 1.30. The van der Waals surface area contributed by atoms with Crippen molar-refractivity contribution >= 4 is 11.7 Å². The molecule has 5 heteroatoms. The van der Waals surface area contributed by atoms with Crippen LogP contribution >= 0.6 is 0 Å². The number of nitrogens with two attached hydrogens (primary N) is 1. The normalized spacial score (nSPS) is 10.6. The molecule has 14 heavy (non-hydrogen) atoms. The van der Waals surface area contributed by atoms with E-state index in [4.69, 9.17) is 5.73 Å². The van der Waals surface area contributed by atoms with E-state index in [1.807, 2.05) is 0 Å². The minimum atomic E-state index is -0.0926. The quantitative estimate of drug-likeness (QED) is 0.748. The molecule has 0 radical (unpaired) electrons. The average Bonchev–Trinajstić information content (AvgIpc) is 2.48. The van der Waals surface area contributed by atoms with Gasteiger partial charge in [-0.25, -0.2) is 0 Å². The highest BCUT2D eigenvalue weighted by atomic mass is 16.2. The summed E-state index contributed by atoms with van der Waals surface area (Å²) < 4.78 is 0. The zero-order valence-electron chi connectivity index (χ0n) is 8.74. The molecule has 5 nitrogen and oxygen atoms in total. The summed E-state index contributed by atoms with van der Waals surface area (Å²) in [6.45, 7) is 4.83. The molecule has 0 saturated heterocycles. The minimum absolute atomic E-state index is 0.0926.